The van der Waals surface area contributed by atoms with Gasteiger partial charge in [0, 0.05) is 0 Å². The molecule has 0 amide bonds. The van der Waals surface area contributed by atoms with Gasteiger partial charge in [0.25, 0.3) is 0 Å². The van der Waals surface area contributed by atoms with Gasteiger partial charge < -0.3 is 4.74 Å². The molecule has 0 N–H and O–H groups in total. The van der Waals surface area contributed by atoms with Gasteiger partial charge >= 0.3 is 5.97 Å². The van der Waals surface area contributed by atoms with Crippen molar-refractivity contribution in [3.05, 3.63) is 42.0 Å². The maximum atomic E-state index is 10.9. The summed E-state index contributed by atoms with van der Waals surface area (Å²) in [5, 5.41) is 0. The molecule has 0 aliphatic rings. The summed E-state index contributed by atoms with van der Waals surface area (Å²) in [5.74, 6) is -0.425. The molecule has 0 aromatic heterocycles. The Morgan fingerprint density at radius 2 is 2.15 bits per heavy atom. The highest BCUT2D eigenvalue weighted by Gasteiger charge is 1.93. The first kappa shape index (κ1) is 9.52. The van der Waals surface area contributed by atoms with Crippen molar-refractivity contribution in [3.63, 3.8) is 0 Å². The number of carbonyl (C=O) groups is 1. The second-order valence-electron chi connectivity index (χ2n) is 2.42. The molecule has 67 valence electrons. The van der Waals surface area contributed by atoms with Crippen molar-refractivity contribution in [2.24, 2.45) is 0 Å². The largest absolute Gasteiger partial charge is 0.462 e. The van der Waals surface area contributed by atoms with Crippen LogP contribution in [-0.2, 0) is 9.53 Å². The van der Waals surface area contributed by atoms with Gasteiger partial charge in [0.05, 0.1) is 12.7 Å². The molecule has 13 heavy (non-hydrogen) atoms. The Labute approximate surface area is 77.8 Å². The molecular weight excluding hydrogens is 164 g/mol. The van der Waals surface area contributed by atoms with Gasteiger partial charge in [-0.05, 0) is 18.6 Å². The zero-order valence-corrected chi connectivity index (χ0v) is 7.49. The van der Waals surface area contributed by atoms with Crippen LogP contribution in [0, 0.1) is 6.08 Å². The van der Waals surface area contributed by atoms with Crippen LogP contribution in [-0.4, -0.2) is 12.6 Å². The summed E-state index contributed by atoms with van der Waals surface area (Å²) in [5.41, 5.74) is 0.940. The fourth-order valence-electron chi connectivity index (χ4n) is 0.864. The number of hydrogen-bond acceptors (Lipinski definition) is 2. The van der Waals surface area contributed by atoms with Crippen molar-refractivity contribution in [2.75, 3.05) is 6.61 Å². The average Bonchev–Trinajstić information content (AvgIpc) is 2.17. The fourth-order valence-corrected chi connectivity index (χ4v) is 0.864. The molecule has 1 rings (SSSR count). The van der Waals surface area contributed by atoms with Gasteiger partial charge in [-0.25, -0.2) is 4.79 Å². The second kappa shape index (κ2) is 5.14. The molecule has 0 saturated heterocycles. The van der Waals surface area contributed by atoms with Crippen molar-refractivity contribution in [1.82, 2.24) is 0 Å². The highest BCUT2D eigenvalue weighted by Crippen LogP contribution is 2.00. The van der Waals surface area contributed by atoms with E-state index in [1.54, 1.807) is 13.0 Å². The SMILES string of the molecule is CCOC(=O)/[C]=C/c1ccccc1. The van der Waals surface area contributed by atoms with Gasteiger partial charge in [0.1, 0.15) is 0 Å². The quantitative estimate of drug-likeness (QED) is 0.519. The maximum absolute atomic E-state index is 10.9. The van der Waals surface area contributed by atoms with E-state index in [9.17, 15) is 4.79 Å². The van der Waals surface area contributed by atoms with Crippen LogP contribution in [0.1, 0.15) is 12.5 Å². The van der Waals surface area contributed by atoms with Crippen molar-refractivity contribution >= 4 is 12.0 Å². The van der Waals surface area contributed by atoms with Gasteiger partial charge in [0.15, 0.2) is 0 Å². The molecule has 2 nitrogen and oxygen atoms in total. The van der Waals surface area contributed by atoms with Crippen LogP contribution in [0.15, 0.2) is 30.3 Å². The molecule has 0 spiro atoms. The number of carbonyl (C=O) groups excluding carboxylic acids is 1. The van der Waals surface area contributed by atoms with Crippen molar-refractivity contribution in [2.45, 2.75) is 6.92 Å². The molecule has 2 heteroatoms. The summed E-state index contributed by atoms with van der Waals surface area (Å²) in [6.45, 7) is 2.15. The van der Waals surface area contributed by atoms with Crippen LogP contribution < -0.4 is 0 Å². The van der Waals surface area contributed by atoms with Gasteiger partial charge in [-0.15, -0.1) is 0 Å². The van der Waals surface area contributed by atoms with E-state index in [1.807, 2.05) is 30.3 Å². The van der Waals surface area contributed by atoms with Crippen LogP contribution >= 0.6 is 0 Å². The van der Waals surface area contributed by atoms with Gasteiger partial charge in [0.2, 0.25) is 0 Å². The van der Waals surface area contributed by atoms with Crippen LogP contribution in [0.3, 0.4) is 0 Å². The molecule has 1 aromatic carbocycles. The van der Waals surface area contributed by atoms with Crippen LogP contribution in [0.4, 0.5) is 0 Å². The minimum absolute atomic E-state index is 0.383. The van der Waals surface area contributed by atoms with Gasteiger partial charge in [-0.1, -0.05) is 30.3 Å². The minimum Gasteiger partial charge on any atom is -0.462 e. The third-order valence-corrected chi connectivity index (χ3v) is 1.43. The Kier molecular flexibility index (Phi) is 3.76. The van der Waals surface area contributed by atoms with Crippen molar-refractivity contribution in [3.8, 4) is 0 Å². The summed E-state index contributed by atoms with van der Waals surface area (Å²) < 4.78 is 4.68. The predicted molar refractivity (Wildman–Crippen MR) is 50.8 cm³/mol. The molecule has 0 aliphatic heterocycles. The van der Waals surface area contributed by atoms with E-state index in [-0.39, 0.29) is 0 Å². The Bertz CT molecular complexity index is 288. The number of benzene rings is 1. The van der Waals surface area contributed by atoms with Crippen LogP contribution in [0.2, 0.25) is 0 Å². The molecular formula is C11H11O2. The highest BCUT2D eigenvalue weighted by molar-refractivity contribution is 5.82. The Morgan fingerprint density at radius 1 is 1.46 bits per heavy atom. The standard InChI is InChI=1S/C11H11O2/c1-2-13-11(12)9-8-10-6-4-3-5-7-10/h3-8H,2H2,1H3. The number of rotatable bonds is 3. The Balaban J connectivity index is 2.54. The van der Waals surface area contributed by atoms with Gasteiger partial charge in [-0.2, -0.15) is 0 Å². The number of ether oxygens (including phenoxy) is 1. The number of esters is 1. The molecule has 0 bridgehead atoms. The molecule has 0 aliphatic carbocycles. The van der Waals surface area contributed by atoms with E-state index in [4.69, 9.17) is 0 Å². The van der Waals surface area contributed by atoms with E-state index in [2.05, 4.69) is 10.8 Å². The summed E-state index contributed by atoms with van der Waals surface area (Å²) in [7, 11) is 0. The topological polar surface area (TPSA) is 26.3 Å². The third-order valence-electron chi connectivity index (χ3n) is 1.43. The first-order valence-electron chi connectivity index (χ1n) is 4.14. The summed E-state index contributed by atoms with van der Waals surface area (Å²) in [6.07, 6.45) is 4.12. The van der Waals surface area contributed by atoms with Crippen LogP contribution in [0.25, 0.3) is 6.08 Å². The second-order valence-corrected chi connectivity index (χ2v) is 2.42. The maximum Gasteiger partial charge on any atom is 0.339 e. The van der Waals surface area contributed by atoms with Crippen molar-refractivity contribution in [1.29, 1.82) is 0 Å². The Morgan fingerprint density at radius 3 is 2.77 bits per heavy atom. The lowest BCUT2D eigenvalue weighted by molar-refractivity contribution is -0.137. The molecule has 0 fully saturated rings. The summed E-state index contributed by atoms with van der Waals surface area (Å²) in [6, 6.07) is 9.51. The van der Waals surface area contributed by atoms with E-state index in [1.165, 1.54) is 0 Å². The zero-order valence-electron chi connectivity index (χ0n) is 7.49. The average molecular weight is 175 g/mol. The van der Waals surface area contributed by atoms with E-state index < -0.39 is 5.97 Å². The smallest absolute Gasteiger partial charge is 0.339 e. The molecule has 0 heterocycles. The molecule has 0 saturated carbocycles. The minimum atomic E-state index is -0.425. The van der Waals surface area contributed by atoms with Crippen molar-refractivity contribution < 1.29 is 9.53 Å². The molecule has 1 radical (unpaired) electrons. The predicted octanol–water partition coefficient (Wildman–Crippen LogP) is 2.07. The lowest BCUT2D eigenvalue weighted by atomic mass is 10.2. The van der Waals surface area contributed by atoms with E-state index >= 15 is 0 Å². The third kappa shape index (κ3) is 3.56. The van der Waals surface area contributed by atoms with Crippen LogP contribution in [0.5, 0.6) is 0 Å². The normalized spacial score (nSPS) is 10.2. The fraction of sp³-hybridized carbons (Fsp3) is 0.182. The molecule has 1 aromatic rings. The van der Waals surface area contributed by atoms with Gasteiger partial charge in [-0.3, -0.25) is 0 Å². The molecule has 0 atom stereocenters. The first-order chi connectivity index (χ1) is 6.33. The summed E-state index contributed by atoms with van der Waals surface area (Å²) >= 11 is 0. The Hall–Kier alpha value is -1.57. The number of hydrogen-bond donors (Lipinski definition) is 0. The lowest BCUT2D eigenvalue weighted by Gasteiger charge is -1.93. The molecule has 0 unspecified atom stereocenters. The lowest BCUT2D eigenvalue weighted by Crippen LogP contribution is -1.99. The zero-order chi connectivity index (χ0) is 9.52. The highest BCUT2D eigenvalue weighted by atomic mass is 16.5. The summed E-state index contributed by atoms with van der Waals surface area (Å²) in [4.78, 5) is 10.9. The van der Waals surface area contributed by atoms with E-state index in [0.29, 0.717) is 6.61 Å². The first-order valence-corrected chi connectivity index (χ1v) is 4.14. The van der Waals surface area contributed by atoms with E-state index in [0.717, 1.165) is 5.56 Å². The monoisotopic (exact) mass is 175 g/mol.